The smallest absolute Gasteiger partial charge is 0.333 e. The minimum atomic E-state index is -0.803. The Kier molecular flexibility index (Phi) is 5.49. The van der Waals surface area contributed by atoms with Crippen molar-refractivity contribution in [3.05, 3.63) is 35.9 Å². The van der Waals surface area contributed by atoms with E-state index in [1.54, 1.807) is 31.2 Å². The number of esters is 1. The van der Waals surface area contributed by atoms with E-state index in [0.717, 1.165) is 0 Å². The lowest BCUT2D eigenvalue weighted by molar-refractivity contribution is -0.147. The van der Waals surface area contributed by atoms with Crippen LogP contribution in [0.2, 0.25) is 0 Å². The lowest BCUT2D eigenvalue weighted by atomic mass is 10.1. The highest BCUT2D eigenvalue weighted by Gasteiger charge is 2.23. The van der Waals surface area contributed by atoms with E-state index in [1.807, 2.05) is 6.07 Å². The zero-order chi connectivity index (χ0) is 12.7. The summed E-state index contributed by atoms with van der Waals surface area (Å²) in [7, 11) is 0. The zero-order valence-electron chi connectivity index (χ0n) is 9.48. The molecule has 1 atom stereocenters. The third-order valence-electron chi connectivity index (χ3n) is 2.08. The molecular weight excluding hydrogens is 242 g/mol. The van der Waals surface area contributed by atoms with E-state index >= 15 is 0 Å². The molecule has 4 nitrogen and oxygen atoms in total. The highest BCUT2D eigenvalue weighted by Crippen LogP contribution is 2.14. The lowest BCUT2D eigenvalue weighted by Crippen LogP contribution is -2.35. The molecule has 5 heteroatoms. The van der Waals surface area contributed by atoms with E-state index in [9.17, 15) is 9.59 Å². The van der Waals surface area contributed by atoms with Gasteiger partial charge in [-0.25, -0.2) is 4.79 Å². The van der Waals surface area contributed by atoms with Crippen molar-refractivity contribution in [3.63, 3.8) is 0 Å². The van der Waals surface area contributed by atoms with Gasteiger partial charge in [0.15, 0.2) is 6.04 Å². The molecule has 92 valence electrons. The first-order valence-corrected chi connectivity index (χ1v) is 5.79. The fourth-order valence-corrected chi connectivity index (χ4v) is 1.43. The second-order valence-electron chi connectivity index (χ2n) is 3.30. The Morgan fingerprint density at radius 3 is 2.53 bits per heavy atom. The minimum Gasteiger partial charge on any atom is -0.464 e. The van der Waals surface area contributed by atoms with Crippen molar-refractivity contribution in [2.45, 2.75) is 13.0 Å². The van der Waals surface area contributed by atoms with E-state index in [4.69, 9.17) is 16.3 Å². The van der Waals surface area contributed by atoms with Crippen LogP contribution in [0.4, 0.5) is 0 Å². The highest BCUT2D eigenvalue weighted by molar-refractivity contribution is 6.27. The van der Waals surface area contributed by atoms with Crippen LogP contribution >= 0.6 is 11.6 Å². The number of halogens is 1. The largest absolute Gasteiger partial charge is 0.464 e. The molecular formula is C12H14ClNO3. The summed E-state index contributed by atoms with van der Waals surface area (Å²) in [5.41, 5.74) is 0.671. The molecule has 0 aliphatic rings. The Morgan fingerprint density at radius 1 is 1.35 bits per heavy atom. The van der Waals surface area contributed by atoms with Gasteiger partial charge in [-0.1, -0.05) is 30.3 Å². The first-order valence-electron chi connectivity index (χ1n) is 5.26. The predicted octanol–water partition coefficient (Wildman–Crippen LogP) is 1.65. The number of amides is 1. The second-order valence-corrected chi connectivity index (χ2v) is 3.56. The molecule has 0 unspecified atom stereocenters. The van der Waals surface area contributed by atoms with Crippen LogP contribution in [-0.4, -0.2) is 24.4 Å². The number of carbonyl (C=O) groups excluding carboxylic acids is 2. The van der Waals surface area contributed by atoms with Gasteiger partial charge in [0, 0.05) is 0 Å². The molecule has 0 heterocycles. The maximum Gasteiger partial charge on any atom is 0.333 e. The van der Waals surface area contributed by atoms with Gasteiger partial charge in [-0.15, -0.1) is 11.6 Å². The van der Waals surface area contributed by atoms with Crippen molar-refractivity contribution in [1.29, 1.82) is 0 Å². The summed E-state index contributed by atoms with van der Waals surface area (Å²) >= 11 is 5.40. The quantitative estimate of drug-likeness (QED) is 0.643. The minimum absolute atomic E-state index is 0.192. The summed E-state index contributed by atoms with van der Waals surface area (Å²) in [6, 6.07) is 8.09. The molecule has 1 rings (SSSR count). The van der Waals surface area contributed by atoms with E-state index in [2.05, 4.69) is 5.32 Å². The molecule has 0 radical (unpaired) electrons. The molecule has 0 aliphatic heterocycles. The fraction of sp³-hybridized carbons (Fsp3) is 0.333. The van der Waals surface area contributed by atoms with Crippen LogP contribution in [-0.2, 0) is 14.3 Å². The standard InChI is InChI=1S/C12H14ClNO3/c1-2-17-12(16)11(14-10(15)8-13)9-6-4-3-5-7-9/h3-7,11H,2,8H2,1H3,(H,14,15)/t11-/m0/s1. The van der Waals surface area contributed by atoms with Crippen LogP contribution in [0.5, 0.6) is 0 Å². The SMILES string of the molecule is CCOC(=O)[C@@H](NC(=O)CCl)c1ccccc1. The number of carbonyl (C=O) groups is 2. The third kappa shape index (κ3) is 4.07. The predicted molar refractivity (Wildman–Crippen MR) is 64.7 cm³/mol. The summed E-state index contributed by atoms with van der Waals surface area (Å²) in [6.07, 6.45) is 0. The summed E-state index contributed by atoms with van der Waals surface area (Å²) in [5, 5.41) is 2.52. The second kappa shape index (κ2) is 6.91. The van der Waals surface area contributed by atoms with Crippen molar-refractivity contribution in [1.82, 2.24) is 5.32 Å². The van der Waals surface area contributed by atoms with Gasteiger partial charge in [0.2, 0.25) is 5.91 Å². The van der Waals surface area contributed by atoms with Gasteiger partial charge in [0.05, 0.1) is 6.61 Å². The molecule has 0 fully saturated rings. The number of hydrogen-bond acceptors (Lipinski definition) is 3. The number of hydrogen-bond donors (Lipinski definition) is 1. The molecule has 1 aromatic rings. The molecule has 1 N–H and O–H groups in total. The van der Waals surface area contributed by atoms with E-state index in [0.29, 0.717) is 5.56 Å². The van der Waals surface area contributed by atoms with Gasteiger partial charge in [-0.3, -0.25) is 4.79 Å². The molecule has 0 aliphatic carbocycles. The molecule has 0 spiro atoms. The molecule has 0 aromatic heterocycles. The van der Waals surface area contributed by atoms with Crippen molar-refractivity contribution in [2.24, 2.45) is 0 Å². The van der Waals surface area contributed by atoms with Crippen LogP contribution < -0.4 is 5.32 Å². The van der Waals surface area contributed by atoms with Crippen LogP contribution in [0.3, 0.4) is 0 Å². The van der Waals surface area contributed by atoms with Gasteiger partial charge in [-0.2, -0.15) is 0 Å². The van der Waals surface area contributed by atoms with Gasteiger partial charge in [-0.05, 0) is 12.5 Å². The summed E-state index contributed by atoms with van der Waals surface area (Å²) in [4.78, 5) is 23.0. The topological polar surface area (TPSA) is 55.4 Å². The monoisotopic (exact) mass is 255 g/mol. The van der Waals surface area contributed by atoms with Gasteiger partial charge >= 0.3 is 5.97 Å². The first-order chi connectivity index (χ1) is 8.19. The Morgan fingerprint density at radius 2 is 2.00 bits per heavy atom. The summed E-state index contributed by atoms with van der Waals surface area (Å²) in [5.74, 6) is -1.09. The van der Waals surface area contributed by atoms with E-state index < -0.39 is 17.9 Å². The van der Waals surface area contributed by atoms with Crippen LogP contribution in [0.1, 0.15) is 18.5 Å². The maximum absolute atomic E-state index is 11.7. The highest BCUT2D eigenvalue weighted by atomic mass is 35.5. The normalized spacial score (nSPS) is 11.6. The van der Waals surface area contributed by atoms with Crippen molar-refractivity contribution < 1.29 is 14.3 Å². The van der Waals surface area contributed by atoms with E-state index in [-0.39, 0.29) is 12.5 Å². The number of alkyl halides is 1. The number of nitrogens with one attached hydrogen (secondary N) is 1. The molecule has 1 amide bonds. The molecule has 0 saturated heterocycles. The van der Waals surface area contributed by atoms with E-state index in [1.165, 1.54) is 0 Å². The summed E-state index contributed by atoms with van der Waals surface area (Å²) < 4.78 is 4.91. The average molecular weight is 256 g/mol. The van der Waals surface area contributed by atoms with Crippen molar-refractivity contribution in [2.75, 3.05) is 12.5 Å². The Hall–Kier alpha value is -1.55. The van der Waals surface area contributed by atoms with Gasteiger partial charge < -0.3 is 10.1 Å². The van der Waals surface area contributed by atoms with Crippen LogP contribution in [0, 0.1) is 0 Å². The zero-order valence-corrected chi connectivity index (χ0v) is 10.2. The third-order valence-corrected chi connectivity index (χ3v) is 2.32. The van der Waals surface area contributed by atoms with Gasteiger partial charge in [0.25, 0.3) is 0 Å². The Bertz CT molecular complexity index is 381. The van der Waals surface area contributed by atoms with Crippen molar-refractivity contribution >= 4 is 23.5 Å². The van der Waals surface area contributed by atoms with Crippen LogP contribution in [0.15, 0.2) is 30.3 Å². The Labute approximate surface area is 105 Å². The average Bonchev–Trinajstić information content (AvgIpc) is 2.36. The first kappa shape index (κ1) is 13.5. The summed E-state index contributed by atoms with van der Waals surface area (Å²) in [6.45, 7) is 1.97. The lowest BCUT2D eigenvalue weighted by Gasteiger charge is -2.16. The van der Waals surface area contributed by atoms with Crippen LogP contribution in [0.25, 0.3) is 0 Å². The van der Waals surface area contributed by atoms with Crippen molar-refractivity contribution in [3.8, 4) is 0 Å². The number of benzene rings is 1. The molecule has 0 saturated carbocycles. The number of ether oxygens (including phenoxy) is 1. The maximum atomic E-state index is 11.7. The number of rotatable bonds is 5. The molecule has 0 bridgehead atoms. The van der Waals surface area contributed by atoms with Gasteiger partial charge in [0.1, 0.15) is 5.88 Å². The molecule has 1 aromatic carbocycles. The Balaban J connectivity index is 2.86. The molecule has 17 heavy (non-hydrogen) atoms. The fourth-order valence-electron chi connectivity index (χ4n) is 1.35.